The lowest BCUT2D eigenvalue weighted by atomic mass is 10.0. The fourth-order valence-electron chi connectivity index (χ4n) is 1.71. The second kappa shape index (κ2) is 5.48. The van der Waals surface area contributed by atoms with Crippen LogP contribution in [0.1, 0.15) is 15.9 Å². The van der Waals surface area contributed by atoms with E-state index in [1.807, 2.05) is 6.07 Å². The van der Waals surface area contributed by atoms with Crippen LogP contribution in [0.25, 0.3) is 11.4 Å². The second-order valence-electron chi connectivity index (χ2n) is 3.90. The number of aromatic nitrogens is 5. The van der Waals surface area contributed by atoms with Crippen LogP contribution >= 0.6 is 11.3 Å². The third-order valence-electron chi connectivity index (χ3n) is 2.64. The number of benzene rings is 1. The van der Waals surface area contributed by atoms with Gasteiger partial charge in [-0.2, -0.15) is 10.5 Å². The van der Waals surface area contributed by atoms with Crippen LogP contribution in [0.4, 0.5) is 5.13 Å². The van der Waals surface area contributed by atoms with Crippen LogP contribution in [0.5, 0.6) is 0 Å². The number of hydrogen-bond acceptors (Lipinski definition) is 7. The summed E-state index contributed by atoms with van der Waals surface area (Å²) in [6, 6.07) is 6.74. The van der Waals surface area contributed by atoms with Crippen LogP contribution in [0.3, 0.4) is 0 Å². The molecule has 0 spiro atoms. The zero-order valence-corrected chi connectivity index (χ0v) is 11.3. The molecule has 2 heterocycles. The molecule has 21 heavy (non-hydrogen) atoms. The summed E-state index contributed by atoms with van der Waals surface area (Å²) in [5.74, 6) is -0.0282. The number of anilines is 1. The standard InChI is InChI=1S/C12H7N7OS/c13-6-8-5-7(10-16-18-19-17-10)1-2-9(8)11(20)15-12-14-3-4-21-12/h1-5H,(H,14,15,20)(H,16,17,18,19). The van der Waals surface area contributed by atoms with Crippen molar-refractivity contribution in [2.24, 2.45) is 0 Å². The van der Waals surface area contributed by atoms with Gasteiger partial charge in [0.25, 0.3) is 5.91 Å². The van der Waals surface area contributed by atoms with E-state index < -0.39 is 0 Å². The van der Waals surface area contributed by atoms with E-state index in [9.17, 15) is 10.1 Å². The topological polar surface area (TPSA) is 120 Å². The SMILES string of the molecule is N#Cc1cc(-c2nn[nH]n2)ccc1C(=O)Nc1nccs1. The molecule has 0 aliphatic rings. The Labute approximate surface area is 122 Å². The first kappa shape index (κ1) is 12.9. The molecule has 0 aliphatic carbocycles. The Balaban J connectivity index is 1.92. The molecule has 0 bridgehead atoms. The minimum absolute atomic E-state index is 0.228. The van der Waals surface area contributed by atoms with Gasteiger partial charge in [0.15, 0.2) is 5.13 Å². The zero-order chi connectivity index (χ0) is 14.7. The van der Waals surface area contributed by atoms with Crippen LogP contribution in [0, 0.1) is 11.3 Å². The molecule has 0 atom stereocenters. The molecule has 0 radical (unpaired) electrons. The van der Waals surface area contributed by atoms with Gasteiger partial charge in [0.1, 0.15) is 0 Å². The molecule has 0 saturated heterocycles. The molecule has 0 saturated carbocycles. The molecule has 0 aliphatic heterocycles. The lowest BCUT2D eigenvalue weighted by molar-refractivity contribution is 0.102. The van der Waals surface area contributed by atoms with Crippen molar-refractivity contribution in [3.63, 3.8) is 0 Å². The highest BCUT2D eigenvalue weighted by Crippen LogP contribution is 2.20. The van der Waals surface area contributed by atoms with Crippen LogP contribution in [0.2, 0.25) is 0 Å². The second-order valence-corrected chi connectivity index (χ2v) is 4.79. The number of H-pyrrole nitrogens is 1. The van der Waals surface area contributed by atoms with Gasteiger partial charge in [-0.05, 0) is 17.3 Å². The number of rotatable bonds is 3. The predicted molar refractivity (Wildman–Crippen MR) is 74.4 cm³/mol. The van der Waals surface area contributed by atoms with Crippen LogP contribution in [0.15, 0.2) is 29.8 Å². The Morgan fingerprint density at radius 1 is 1.43 bits per heavy atom. The maximum absolute atomic E-state index is 12.1. The van der Waals surface area contributed by atoms with Crippen molar-refractivity contribution < 1.29 is 4.79 Å². The van der Waals surface area contributed by atoms with Crippen molar-refractivity contribution in [1.29, 1.82) is 5.26 Å². The Kier molecular flexibility index (Phi) is 3.36. The molecule has 1 amide bonds. The smallest absolute Gasteiger partial charge is 0.258 e. The molecule has 9 heteroatoms. The number of amides is 1. The van der Waals surface area contributed by atoms with Crippen molar-refractivity contribution >= 4 is 22.4 Å². The van der Waals surface area contributed by atoms with Gasteiger partial charge < -0.3 is 0 Å². The number of nitriles is 1. The van der Waals surface area contributed by atoms with E-state index in [0.29, 0.717) is 16.5 Å². The normalized spacial score (nSPS) is 10.0. The number of nitrogens with one attached hydrogen (secondary N) is 2. The van der Waals surface area contributed by atoms with Gasteiger partial charge in [0, 0.05) is 17.1 Å². The third-order valence-corrected chi connectivity index (χ3v) is 3.33. The van der Waals surface area contributed by atoms with E-state index in [1.54, 1.807) is 29.8 Å². The largest absolute Gasteiger partial charge is 0.298 e. The number of carbonyl (C=O) groups excluding carboxylic acids is 1. The van der Waals surface area contributed by atoms with Gasteiger partial charge in [-0.1, -0.05) is 6.07 Å². The van der Waals surface area contributed by atoms with E-state index >= 15 is 0 Å². The van der Waals surface area contributed by atoms with Crippen molar-refractivity contribution in [3.05, 3.63) is 40.9 Å². The van der Waals surface area contributed by atoms with Crippen molar-refractivity contribution in [2.45, 2.75) is 0 Å². The molecule has 1 aromatic carbocycles. The minimum atomic E-state index is -0.388. The third kappa shape index (κ3) is 2.60. The molecule has 2 N–H and O–H groups in total. The summed E-state index contributed by atoms with van der Waals surface area (Å²) in [6.07, 6.45) is 1.59. The van der Waals surface area contributed by atoms with E-state index in [-0.39, 0.29) is 17.0 Å². The van der Waals surface area contributed by atoms with Crippen LogP contribution < -0.4 is 5.32 Å². The summed E-state index contributed by atoms with van der Waals surface area (Å²) in [5.41, 5.74) is 1.09. The number of hydrogen-bond donors (Lipinski definition) is 2. The lowest BCUT2D eigenvalue weighted by Gasteiger charge is -2.05. The maximum Gasteiger partial charge on any atom is 0.258 e. The maximum atomic E-state index is 12.1. The summed E-state index contributed by atoms with van der Waals surface area (Å²) in [7, 11) is 0. The Hall–Kier alpha value is -3.12. The fraction of sp³-hybridized carbons (Fsp3) is 0. The average molecular weight is 297 g/mol. The Morgan fingerprint density at radius 2 is 2.33 bits per heavy atom. The van der Waals surface area contributed by atoms with Gasteiger partial charge in [-0.25, -0.2) is 4.98 Å². The Morgan fingerprint density at radius 3 is 3.00 bits per heavy atom. The zero-order valence-electron chi connectivity index (χ0n) is 10.4. The molecule has 102 valence electrons. The number of aromatic amines is 1. The van der Waals surface area contributed by atoms with Crippen molar-refractivity contribution in [1.82, 2.24) is 25.6 Å². The summed E-state index contributed by atoms with van der Waals surface area (Å²) in [4.78, 5) is 16.1. The van der Waals surface area contributed by atoms with Crippen LogP contribution in [-0.4, -0.2) is 31.5 Å². The number of carbonyl (C=O) groups is 1. The molecule has 8 nitrogen and oxygen atoms in total. The quantitative estimate of drug-likeness (QED) is 0.754. The fourth-order valence-corrected chi connectivity index (χ4v) is 2.23. The number of tetrazole rings is 1. The highest BCUT2D eigenvalue weighted by molar-refractivity contribution is 7.13. The Bertz CT molecular complexity index is 805. The van der Waals surface area contributed by atoms with Gasteiger partial charge in [0.05, 0.1) is 17.2 Å². The number of nitrogens with zero attached hydrogens (tertiary/aromatic N) is 5. The van der Waals surface area contributed by atoms with Gasteiger partial charge in [-0.3, -0.25) is 10.1 Å². The lowest BCUT2D eigenvalue weighted by Crippen LogP contribution is -2.13. The molecule has 0 fully saturated rings. The first-order valence-electron chi connectivity index (χ1n) is 5.77. The van der Waals surface area contributed by atoms with Crippen molar-refractivity contribution in [2.75, 3.05) is 5.32 Å². The first-order valence-corrected chi connectivity index (χ1v) is 6.64. The van der Waals surface area contributed by atoms with E-state index in [4.69, 9.17) is 0 Å². The molecular weight excluding hydrogens is 290 g/mol. The van der Waals surface area contributed by atoms with Gasteiger partial charge in [-0.15, -0.1) is 21.5 Å². The van der Waals surface area contributed by atoms with E-state index in [0.717, 1.165) is 0 Å². The summed E-state index contributed by atoms with van der Waals surface area (Å²) < 4.78 is 0. The first-order chi connectivity index (χ1) is 10.3. The summed E-state index contributed by atoms with van der Waals surface area (Å²) >= 11 is 1.30. The molecule has 3 aromatic rings. The number of thiazole rings is 1. The predicted octanol–water partition coefficient (Wildman–Crippen LogP) is 1.45. The molecular formula is C12H7N7OS. The minimum Gasteiger partial charge on any atom is -0.298 e. The average Bonchev–Trinajstić information content (AvgIpc) is 3.19. The van der Waals surface area contributed by atoms with Gasteiger partial charge >= 0.3 is 0 Å². The van der Waals surface area contributed by atoms with E-state index in [1.165, 1.54) is 11.3 Å². The molecule has 2 aromatic heterocycles. The van der Waals surface area contributed by atoms with Crippen LogP contribution in [-0.2, 0) is 0 Å². The highest BCUT2D eigenvalue weighted by Gasteiger charge is 2.15. The summed E-state index contributed by atoms with van der Waals surface area (Å²) in [5, 5.41) is 27.5. The highest BCUT2D eigenvalue weighted by atomic mass is 32.1. The molecule has 0 unspecified atom stereocenters. The van der Waals surface area contributed by atoms with Gasteiger partial charge in [0.2, 0.25) is 5.82 Å². The monoisotopic (exact) mass is 297 g/mol. The van der Waals surface area contributed by atoms with E-state index in [2.05, 4.69) is 30.9 Å². The van der Waals surface area contributed by atoms with Crippen molar-refractivity contribution in [3.8, 4) is 17.5 Å². The summed E-state index contributed by atoms with van der Waals surface area (Å²) in [6.45, 7) is 0. The molecule has 3 rings (SSSR count).